The Morgan fingerprint density at radius 2 is 1.12 bits per heavy atom. The molecule has 3 N–H and O–H groups in total. The smallest absolute Gasteiger partial charge is 0.402 e. The van der Waals surface area contributed by atoms with Crippen molar-refractivity contribution in [3.63, 3.8) is 0 Å². The number of hydrogen-bond donors (Lipinski definition) is 3. The number of rotatable bonds is 0. The minimum Gasteiger partial charge on any atom is -0.402 e. The first-order valence-electron chi connectivity index (χ1n) is 1.06. The third kappa shape index (κ3) is 67.2. The molecular formula is H3BI3O3Ti-. The van der Waals surface area contributed by atoms with E-state index in [1.807, 2.05) is 0 Å². The molecule has 0 amide bonds. The SMILES string of the molecule is I[I-]I.OB(O)O.[Ti]. The van der Waals surface area contributed by atoms with Crippen molar-refractivity contribution < 1.29 is 50.0 Å². The van der Waals surface area contributed by atoms with Crippen molar-refractivity contribution in [3.05, 3.63) is 0 Å². The molecule has 8 heavy (non-hydrogen) atoms. The monoisotopic (exact) mass is 491 g/mol. The summed E-state index contributed by atoms with van der Waals surface area (Å²) in [5.41, 5.74) is 0. The van der Waals surface area contributed by atoms with Gasteiger partial charge in [0.1, 0.15) is 0 Å². The molecule has 0 aliphatic heterocycles. The molecule has 0 aromatic rings. The molecule has 0 heterocycles. The van der Waals surface area contributed by atoms with E-state index in [2.05, 4.69) is 37.2 Å². The number of hydrogen-bond acceptors (Lipinski definition) is 3. The van der Waals surface area contributed by atoms with Crippen LogP contribution in [0.4, 0.5) is 0 Å². The van der Waals surface area contributed by atoms with Crippen molar-refractivity contribution in [2.45, 2.75) is 0 Å². The summed E-state index contributed by atoms with van der Waals surface area (Å²) < 4.78 is 0. The maximum atomic E-state index is 7.17. The fourth-order valence-corrected chi connectivity index (χ4v) is 0. The largest absolute Gasteiger partial charge is 0.631 e. The molecule has 0 radical (unpaired) electrons. The third-order valence-electron chi connectivity index (χ3n) is 0. The summed E-state index contributed by atoms with van der Waals surface area (Å²) in [6.45, 7) is 0. The Labute approximate surface area is 92.7 Å². The van der Waals surface area contributed by atoms with Crippen molar-refractivity contribution >= 4 is 44.6 Å². The summed E-state index contributed by atoms with van der Waals surface area (Å²) >= 11 is 5.30. The van der Waals surface area contributed by atoms with Gasteiger partial charge in [0.05, 0.1) is 0 Å². The quantitative estimate of drug-likeness (QED) is 0.247. The van der Waals surface area contributed by atoms with Crippen LogP contribution in [0.15, 0.2) is 0 Å². The predicted molar refractivity (Wildman–Crippen MR) is 40.5 cm³/mol. The van der Waals surface area contributed by atoms with Crippen LogP contribution in [-0.4, -0.2) is 22.4 Å². The van der Waals surface area contributed by atoms with Crippen molar-refractivity contribution in [3.8, 4) is 0 Å². The first-order chi connectivity index (χ1) is 3.15. The molecule has 8 heteroatoms. The van der Waals surface area contributed by atoms with Crippen molar-refractivity contribution in [1.29, 1.82) is 0 Å². The van der Waals surface area contributed by atoms with Gasteiger partial charge in [-0.25, -0.2) is 0 Å². The summed E-state index contributed by atoms with van der Waals surface area (Å²) in [7, 11) is -2.17. The normalized spacial score (nSPS) is 6.12. The van der Waals surface area contributed by atoms with Crippen LogP contribution in [0, 0.1) is 0 Å². The molecule has 0 spiro atoms. The van der Waals surface area contributed by atoms with Gasteiger partial charge in [0, 0.05) is 21.7 Å². The molecule has 50 valence electrons. The molecule has 0 saturated heterocycles. The van der Waals surface area contributed by atoms with Crippen molar-refractivity contribution in [2.75, 3.05) is 0 Å². The van der Waals surface area contributed by atoms with Gasteiger partial charge in [-0.3, -0.25) is 0 Å². The van der Waals surface area contributed by atoms with Crippen LogP contribution in [0.3, 0.4) is 0 Å². The van der Waals surface area contributed by atoms with Gasteiger partial charge in [-0.05, 0) is 0 Å². The number of halogens is 3. The van der Waals surface area contributed by atoms with Crippen LogP contribution in [0.2, 0.25) is 0 Å². The van der Waals surface area contributed by atoms with Gasteiger partial charge in [0.2, 0.25) is 0 Å². The Hall–Kier alpha value is 2.85. The maximum absolute atomic E-state index is 7.17. The summed E-state index contributed by atoms with van der Waals surface area (Å²) in [5.74, 6) is 0. The second-order valence-electron chi connectivity index (χ2n) is 0.400. The van der Waals surface area contributed by atoms with E-state index in [0.29, 0.717) is 13.3 Å². The Balaban J connectivity index is -0.0000000575. The summed E-state index contributed by atoms with van der Waals surface area (Å²) in [6, 6.07) is 0. The zero-order chi connectivity index (χ0) is 6.28. The van der Waals surface area contributed by atoms with Gasteiger partial charge < -0.3 is 15.1 Å². The molecule has 0 aliphatic carbocycles. The summed E-state index contributed by atoms with van der Waals surface area (Å²) in [4.78, 5) is 0. The van der Waals surface area contributed by atoms with E-state index in [1.54, 1.807) is 0 Å². The molecule has 0 aromatic carbocycles. The van der Waals surface area contributed by atoms with Gasteiger partial charge in [-0.2, -0.15) is 0 Å². The topological polar surface area (TPSA) is 60.7 Å². The van der Waals surface area contributed by atoms with Gasteiger partial charge >= 0.3 is 57.8 Å². The first kappa shape index (κ1) is 17.1. The van der Waals surface area contributed by atoms with E-state index in [0.717, 1.165) is 0 Å². The van der Waals surface area contributed by atoms with E-state index in [9.17, 15) is 0 Å². The van der Waals surface area contributed by atoms with E-state index in [-0.39, 0.29) is 21.7 Å². The molecule has 0 aromatic heterocycles. The second kappa shape index (κ2) is 16.4. The zero-order valence-electron chi connectivity index (χ0n) is 3.55. The van der Waals surface area contributed by atoms with Crippen LogP contribution in [0.5, 0.6) is 0 Å². The Morgan fingerprint density at radius 1 is 1.12 bits per heavy atom. The molecule has 0 bridgehead atoms. The molecule has 0 saturated carbocycles. The van der Waals surface area contributed by atoms with E-state index < -0.39 is 7.32 Å². The Bertz CT molecular complexity index is 25.7. The fraction of sp³-hybridized carbons (Fsp3) is 0. The van der Waals surface area contributed by atoms with Crippen LogP contribution < -0.4 is 13.3 Å². The summed E-state index contributed by atoms with van der Waals surface area (Å²) in [5, 5.41) is 21.5. The van der Waals surface area contributed by atoms with Crippen LogP contribution in [0.25, 0.3) is 0 Å². The maximum Gasteiger partial charge on any atom is 0.631 e. The average Bonchev–Trinajstić information content (AvgIpc) is 1.33. The van der Waals surface area contributed by atoms with E-state index in [1.165, 1.54) is 0 Å². The second-order valence-corrected chi connectivity index (χ2v) is 16.6. The average molecular weight is 490 g/mol. The molecule has 0 rings (SSSR count). The summed E-state index contributed by atoms with van der Waals surface area (Å²) in [6.07, 6.45) is 0. The zero-order valence-corrected chi connectivity index (χ0v) is 11.6. The third-order valence-corrected chi connectivity index (χ3v) is 0. The van der Waals surface area contributed by atoms with Gasteiger partial charge in [0.15, 0.2) is 0 Å². The van der Waals surface area contributed by atoms with Crippen molar-refractivity contribution in [2.24, 2.45) is 0 Å². The van der Waals surface area contributed by atoms with Gasteiger partial charge in [-0.1, -0.05) is 0 Å². The van der Waals surface area contributed by atoms with Crippen LogP contribution in [0.1, 0.15) is 0 Å². The first-order valence-corrected chi connectivity index (χ1v) is 13.6. The fourth-order valence-electron chi connectivity index (χ4n) is 0. The predicted octanol–water partition coefficient (Wildman–Crippen LogP) is -3.28. The molecule has 0 aliphatic rings. The molecule has 0 unspecified atom stereocenters. The minimum atomic E-state index is -2.17. The van der Waals surface area contributed by atoms with Gasteiger partial charge in [0.25, 0.3) is 0 Å². The Morgan fingerprint density at radius 3 is 1.12 bits per heavy atom. The van der Waals surface area contributed by atoms with Crippen LogP contribution >= 0.6 is 37.2 Å². The van der Waals surface area contributed by atoms with Gasteiger partial charge in [-0.15, -0.1) is 0 Å². The van der Waals surface area contributed by atoms with Crippen molar-refractivity contribution in [1.82, 2.24) is 0 Å². The Kier molecular flexibility index (Phi) is 35.1. The molecule has 3 nitrogen and oxygen atoms in total. The van der Waals surface area contributed by atoms with E-state index >= 15 is 0 Å². The standard InChI is InChI=1S/BH3O3.I3.Ti/c2-1(3)4;1-3-2;/h2-4H;;/q;-1;. The van der Waals surface area contributed by atoms with Crippen LogP contribution in [-0.2, 0) is 21.7 Å². The molecule has 0 atom stereocenters. The minimum absolute atomic E-state index is 0. The molecule has 0 fully saturated rings. The molecular weight excluding hydrogens is 487 g/mol. The van der Waals surface area contributed by atoms with E-state index in [4.69, 9.17) is 15.1 Å².